The largest absolute Gasteiger partial charge is 0.493 e. The minimum atomic E-state index is 0.721. The minimum Gasteiger partial charge on any atom is -0.493 e. The van der Waals surface area contributed by atoms with Crippen molar-refractivity contribution < 1.29 is 9.47 Å². The highest BCUT2D eigenvalue weighted by Gasteiger charge is 2.10. The van der Waals surface area contributed by atoms with E-state index in [4.69, 9.17) is 9.47 Å². The Morgan fingerprint density at radius 1 is 1.00 bits per heavy atom. The van der Waals surface area contributed by atoms with Crippen LogP contribution in [-0.2, 0) is 6.54 Å². The van der Waals surface area contributed by atoms with Crippen molar-refractivity contribution in [2.75, 3.05) is 19.8 Å². The lowest BCUT2D eigenvalue weighted by Gasteiger charge is -2.15. The van der Waals surface area contributed by atoms with Crippen molar-refractivity contribution in [3.05, 3.63) is 22.2 Å². The van der Waals surface area contributed by atoms with E-state index in [1.165, 1.54) is 0 Å². The van der Waals surface area contributed by atoms with Crippen LogP contribution in [0.15, 0.2) is 16.6 Å². The third-order valence-electron chi connectivity index (χ3n) is 2.60. The molecule has 0 radical (unpaired) electrons. The summed E-state index contributed by atoms with van der Waals surface area (Å²) in [5, 5.41) is 3.33. The molecule has 0 atom stereocenters. The van der Waals surface area contributed by atoms with Crippen LogP contribution in [0.2, 0.25) is 0 Å². The van der Waals surface area contributed by atoms with E-state index < -0.39 is 0 Å². The smallest absolute Gasteiger partial charge is 0.137 e. The Morgan fingerprint density at radius 2 is 1.63 bits per heavy atom. The summed E-state index contributed by atoms with van der Waals surface area (Å²) in [6.07, 6.45) is 2.00. The molecule has 0 unspecified atom stereocenters. The van der Waals surface area contributed by atoms with Gasteiger partial charge in [-0.1, -0.05) is 20.8 Å². The lowest BCUT2D eigenvalue weighted by molar-refractivity contribution is 0.298. The van der Waals surface area contributed by atoms with Gasteiger partial charge in [-0.25, -0.2) is 0 Å². The molecule has 3 nitrogen and oxygen atoms in total. The summed E-state index contributed by atoms with van der Waals surface area (Å²) in [4.78, 5) is 0. The van der Waals surface area contributed by atoms with Crippen LogP contribution in [0.4, 0.5) is 0 Å². The van der Waals surface area contributed by atoms with Gasteiger partial charge in [0.15, 0.2) is 0 Å². The van der Waals surface area contributed by atoms with Crippen LogP contribution >= 0.6 is 15.9 Å². The molecule has 0 aliphatic rings. The lowest BCUT2D eigenvalue weighted by Crippen LogP contribution is -2.13. The molecule has 1 rings (SSSR count). The fourth-order valence-corrected chi connectivity index (χ4v) is 2.15. The van der Waals surface area contributed by atoms with Crippen molar-refractivity contribution in [3.63, 3.8) is 0 Å². The third kappa shape index (κ3) is 5.41. The molecule has 0 fully saturated rings. The Balaban J connectivity index is 2.91. The zero-order valence-corrected chi connectivity index (χ0v) is 13.7. The van der Waals surface area contributed by atoms with Crippen LogP contribution in [0, 0.1) is 0 Å². The minimum absolute atomic E-state index is 0.721. The third-order valence-corrected chi connectivity index (χ3v) is 3.22. The average Bonchev–Trinajstić information content (AvgIpc) is 2.42. The maximum atomic E-state index is 5.82. The molecule has 4 heteroatoms. The number of halogens is 1. The highest BCUT2D eigenvalue weighted by atomic mass is 79.9. The van der Waals surface area contributed by atoms with Gasteiger partial charge in [0.2, 0.25) is 0 Å². The Morgan fingerprint density at radius 3 is 2.21 bits per heavy atom. The fourth-order valence-electron chi connectivity index (χ4n) is 1.64. The zero-order valence-electron chi connectivity index (χ0n) is 12.1. The van der Waals surface area contributed by atoms with Crippen LogP contribution in [0.1, 0.15) is 39.2 Å². The molecule has 0 heterocycles. The summed E-state index contributed by atoms with van der Waals surface area (Å²) in [6.45, 7) is 9.51. The Labute approximate surface area is 124 Å². The van der Waals surface area contributed by atoms with Gasteiger partial charge < -0.3 is 14.8 Å². The van der Waals surface area contributed by atoms with Gasteiger partial charge in [0.25, 0.3) is 0 Å². The number of rotatable bonds is 9. The second-order valence-electron chi connectivity index (χ2n) is 4.37. The van der Waals surface area contributed by atoms with E-state index in [0.717, 1.165) is 60.7 Å². The van der Waals surface area contributed by atoms with Gasteiger partial charge >= 0.3 is 0 Å². The SMILES string of the molecule is CCCOc1cc(OCCC)c(CNCC)cc1Br. The number of ether oxygens (including phenoxy) is 2. The highest BCUT2D eigenvalue weighted by Crippen LogP contribution is 2.33. The molecule has 0 bridgehead atoms. The Kier molecular flexibility index (Phi) is 7.91. The first-order chi connectivity index (χ1) is 9.22. The lowest BCUT2D eigenvalue weighted by atomic mass is 10.2. The van der Waals surface area contributed by atoms with Gasteiger partial charge in [0, 0.05) is 18.2 Å². The Bertz CT molecular complexity index is 383. The van der Waals surface area contributed by atoms with Gasteiger partial charge in [-0.2, -0.15) is 0 Å². The van der Waals surface area contributed by atoms with Crippen LogP contribution in [0.25, 0.3) is 0 Å². The number of benzene rings is 1. The molecule has 108 valence electrons. The van der Waals surface area contributed by atoms with Crippen molar-refractivity contribution >= 4 is 15.9 Å². The maximum absolute atomic E-state index is 5.82. The molecule has 1 aromatic carbocycles. The van der Waals surface area contributed by atoms with Crippen molar-refractivity contribution in [1.29, 1.82) is 0 Å². The molecule has 0 saturated heterocycles. The number of hydrogen-bond acceptors (Lipinski definition) is 3. The average molecular weight is 330 g/mol. The second kappa shape index (κ2) is 9.21. The fraction of sp³-hybridized carbons (Fsp3) is 0.600. The molecule has 0 saturated carbocycles. The van der Waals surface area contributed by atoms with E-state index in [9.17, 15) is 0 Å². The summed E-state index contributed by atoms with van der Waals surface area (Å²) in [7, 11) is 0. The topological polar surface area (TPSA) is 30.5 Å². The summed E-state index contributed by atoms with van der Waals surface area (Å²) >= 11 is 3.56. The van der Waals surface area contributed by atoms with E-state index in [1.807, 2.05) is 6.07 Å². The first kappa shape index (κ1) is 16.3. The van der Waals surface area contributed by atoms with Gasteiger partial charge in [-0.3, -0.25) is 0 Å². The predicted octanol–water partition coefficient (Wildman–Crippen LogP) is 4.14. The second-order valence-corrected chi connectivity index (χ2v) is 5.22. The van der Waals surface area contributed by atoms with Gasteiger partial charge in [-0.15, -0.1) is 0 Å². The molecule has 0 aliphatic heterocycles. The maximum Gasteiger partial charge on any atom is 0.137 e. The van der Waals surface area contributed by atoms with Crippen LogP contribution in [0.3, 0.4) is 0 Å². The predicted molar refractivity (Wildman–Crippen MR) is 83.1 cm³/mol. The molecular weight excluding hydrogens is 306 g/mol. The van der Waals surface area contributed by atoms with Crippen LogP contribution in [0.5, 0.6) is 11.5 Å². The van der Waals surface area contributed by atoms with E-state index in [-0.39, 0.29) is 0 Å². The molecular formula is C15H24BrNO2. The van der Waals surface area contributed by atoms with Crippen molar-refractivity contribution in [3.8, 4) is 11.5 Å². The molecule has 0 amide bonds. The number of hydrogen-bond donors (Lipinski definition) is 1. The molecule has 1 aromatic rings. The van der Waals surface area contributed by atoms with E-state index >= 15 is 0 Å². The summed E-state index contributed by atoms with van der Waals surface area (Å²) in [6, 6.07) is 4.07. The van der Waals surface area contributed by atoms with Crippen LogP contribution in [-0.4, -0.2) is 19.8 Å². The van der Waals surface area contributed by atoms with E-state index in [2.05, 4.69) is 48.1 Å². The summed E-state index contributed by atoms with van der Waals surface area (Å²) in [5.41, 5.74) is 1.16. The highest BCUT2D eigenvalue weighted by molar-refractivity contribution is 9.10. The Hall–Kier alpha value is -0.740. The van der Waals surface area contributed by atoms with E-state index in [0.29, 0.717) is 0 Å². The molecule has 0 spiro atoms. The van der Waals surface area contributed by atoms with Gasteiger partial charge in [0.05, 0.1) is 17.7 Å². The monoisotopic (exact) mass is 329 g/mol. The first-order valence-corrected chi connectivity index (χ1v) is 7.80. The molecule has 0 aliphatic carbocycles. The quantitative estimate of drug-likeness (QED) is 0.738. The molecule has 19 heavy (non-hydrogen) atoms. The summed E-state index contributed by atoms with van der Waals surface area (Å²) in [5.74, 6) is 1.77. The van der Waals surface area contributed by atoms with E-state index in [1.54, 1.807) is 0 Å². The standard InChI is InChI=1S/C15H24BrNO2/c1-4-7-18-14-10-15(19-8-5-2)13(16)9-12(14)11-17-6-3/h9-10,17H,4-8,11H2,1-3H3. The van der Waals surface area contributed by atoms with Crippen molar-refractivity contribution in [1.82, 2.24) is 5.32 Å². The molecule has 0 aromatic heterocycles. The normalized spacial score (nSPS) is 10.5. The zero-order chi connectivity index (χ0) is 14.1. The van der Waals surface area contributed by atoms with Crippen molar-refractivity contribution in [2.45, 2.75) is 40.2 Å². The van der Waals surface area contributed by atoms with Gasteiger partial charge in [-0.05, 0) is 41.4 Å². The van der Waals surface area contributed by atoms with Crippen LogP contribution < -0.4 is 14.8 Å². The van der Waals surface area contributed by atoms with Gasteiger partial charge in [0.1, 0.15) is 11.5 Å². The first-order valence-electron chi connectivity index (χ1n) is 7.01. The van der Waals surface area contributed by atoms with Crippen molar-refractivity contribution in [2.24, 2.45) is 0 Å². The molecule has 1 N–H and O–H groups in total. The number of nitrogens with one attached hydrogen (secondary N) is 1. The summed E-state index contributed by atoms with van der Waals surface area (Å²) < 4.78 is 12.5.